The van der Waals surface area contributed by atoms with Crippen LogP contribution in [0.5, 0.6) is 0 Å². The summed E-state index contributed by atoms with van der Waals surface area (Å²) in [7, 11) is 1.49. The molecule has 1 aliphatic rings. The Morgan fingerprint density at radius 3 is 2.95 bits per heavy atom. The van der Waals surface area contributed by atoms with Crippen LogP contribution in [0.2, 0.25) is 0 Å². The second-order valence-electron chi connectivity index (χ2n) is 5.26. The molecule has 1 fully saturated rings. The number of aliphatic hydroxyl groups is 2. The fourth-order valence-electron chi connectivity index (χ4n) is 2.78. The first-order valence-electron chi connectivity index (χ1n) is 6.59. The van der Waals surface area contributed by atoms with Crippen molar-refractivity contribution in [2.75, 3.05) is 19.5 Å². The summed E-state index contributed by atoms with van der Waals surface area (Å²) in [5, 5.41) is 20.4. The zero-order valence-corrected chi connectivity index (χ0v) is 11.8. The lowest BCUT2D eigenvalue weighted by atomic mass is 9.96. The smallest absolute Gasteiger partial charge is 0.167 e. The topological polar surface area (TPSA) is 116 Å². The highest BCUT2D eigenvalue weighted by atomic mass is 16.6. The summed E-state index contributed by atoms with van der Waals surface area (Å²) in [5.41, 5.74) is 5.39. The molecular formula is C13H18N4O4. The molecule has 1 unspecified atom stereocenters. The number of rotatable bonds is 3. The minimum atomic E-state index is -1.01. The number of fused-ring (bicyclic) bond motifs is 1. The van der Waals surface area contributed by atoms with Gasteiger partial charge < -0.3 is 30.0 Å². The van der Waals surface area contributed by atoms with Crippen molar-refractivity contribution in [1.82, 2.24) is 14.5 Å². The molecule has 1 aliphatic heterocycles. The van der Waals surface area contributed by atoms with Crippen LogP contribution in [0.1, 0.15) is 13.2 Å². The summed E-state index contributed by atoms with van der Waals surface area (Å²) >= 11 is 0. The number of nitrogen functional groups attached to an aromatic ring is 1. The molecule has 3 rings (SSSR count). The molecule has 21 heavy (non-hydrogen) atoms. The van der Waals surface area contributed by atoms with E-state index in [1.807, 2.05) is 0 Å². The van der Waals surface area contributed by atoms with Crippen molar-refractivity contribution < 1.29 is 19.7 Å². The maximum Gasteiger partial charge on any atom is 0.167 e. The maximum atomic E-state index is 10.3. The molecular weight excluding hydrogens is 276 g/mol. The van der Waals surface area contributed by atoms with Crippen molar-refractivity contribution >= 4 is 16.9 Å². The van der Waals surface area contributed by atoms with Crippen LogP contribution in [0, 0.1) is 0 Å². The van der Waals surface area contributed by atoms with Gasteiger partial charge in [0.2, 0.25) is 0 Å². The molecule has 0 radical (unpaired) electrons. The number of aliphatic hydroxyl groups excluding tert-OH is 2. The quantitative estimate of drug-likeness (QED) is 0.709. The first-order valence-corrected chi connectivity index (χ1v) is 6.59. The van der Waals surface area contributed by atoms with E-state index < -0.39 is 24.0 Å². The predicted octanol–water partition coefficient (Wildman–Crippen LogP) is -0.331. The summed E-state index contributed by atoms with van der Waals surface area (Å²) in [6.07, 6.45) is 0.796. The molecule has 0 aliphatic carbocycles. The summed E-state index contributed by atoms with van der Waals surface area (Å²) in [5.74, 6) is 0.370. The average Bonchev–Trinajstić information content (AvgIpc) is 3.01. The van der Waals surface area contributed by atoms with Crippen LogP contribution in [0.15, 0.2) is 18.6 Å². The molecule has 2 aromatic heterocycles. The van der Waals surface area contributed by atoms with E-state index in [9.17, 15) is 10.2 Å². The van der Waals surface area contributed by atoms with Gasteiger partial charge in [-0.2, -0.15) is 0 Å². The molecule has 4 N–H and O–H groups in total. The van der Waals surface area contributed by atoms with Crippen LogP contribution in [-0.2, 0) is 9.47 Å². The van der Waals surface area contributed by atoms with Gasteiger partial charge in [-0.3, -0.25) is 0 Å². The molecule has 2 aromatic rings. The Balaban J connectivity index is 2.11. The SMILES string of the molecule is CO[C@@]1(C)C(n2ccc3c(N)ncnc32)O[C@H](CO)[C@H]1O. The third-order valence-electron chi connectivity index (χ3n) is 4.15. The lowest BCUT2D eigenvalue weighted by molar-refractivity contribution is -0.118. The zero-order valence-electron chi connectivity index (χ0n) is 11.8. The number of methoxy groups -OCH3 is 1. The normalized spacial score (nSPS) is 32.9. The molecule has 114 valence electrons. The lowest BCUT2D eigenvalue weighted by Gasteiger charge is -2.31. The number of nitrogens with two attached hydrogens (primary N) is 1. The van der Waals surface area contributed by atoms with Gasteiger partial charge in [0.15, 0.2) is 6.23 Å². The molecule has 0 spiro atoms. The monoisotopic (exact) mass is 294 g/mol. The molecule has 0 aromatic carbocycles. The first-order chi connectivity index (χ1) is 10.0. The molecule has 4 atom stereocenters. The van der Waals surface area contributed by atoms with E-state index in [2.05, 4.69) is 9.97 Å². The fraction of sp³-hybridized carbons (Fsp3) is 0.538. The van der Waals surface area contributed by atoms with E-state index in [-0.39, 0.29) is 6.61 Å². The van der Waals surface area contributed by atoms with Gasteiger partial charge in [0.05, 0.1) is 12.0 Å². The first kappa shape index (κ1) is 14.2. The van der Waals surface area contributed by atoms with Crippen molar-refractivity contribution in [2.24, 2.45) is 0 Å². The Bertz CT molecular complexity index is 661. The third-order valence-corrected chi connectivity index (χ3v) is 4.15. The van der Waals surface area contributed by atoms with Crippen LogP contribution in [0.25, 0.3) is 11.0 Å². The standard InChI is InChI=1S/C13H18N4O4/c1-13(20-2)9(19)8(5-18)21-12(13)17-4-3-7-10(14)15-6-16-11(7)17/h3-4,6,8-9,12,18-19H,5H2,1-2H3,(H2,14,15,16)/t8-,9-,12?,13-/m1/s1. The van der Waals surface area contributed by atoms with Crippen molar-refractivity contribution in [3.8, 4) is 0 Å². The van der Waals surface area contributed by atoms with Gasteiger partial charge in [-0.25, -0.2) is 9.97 Å². The molecule has 0 bridgehead atoms. The van der Waals surface area contributed by atoms with E-state index in [4.69, 9.17) is 15.2 Å². The van der Waals surface area contributed by atoms with Gasteiger partial charge in [0.25, 0.3) is 0 Å². The highest BCUT2D eigenvalue weighted by molar-refractivity contribution is 5.86. The van der Waals surface area contributed by atoms with E-state index in [1.165, 1.54) is 13.4 Å². The molecule has 3 heterocycles. The van der Waals surface area contributed by atoms with Gasteiger partial charge in [-0.1, -0.05) is 0 Å². The Morgan fingerprint density at radius 1 is 1.52 bits per heavy atom. The largest absolute Gasteiger partial charge is 0.394 e. The summed E-state index contributed by atoms with van der Waals surface area (Å²) in [4.78, 5) is 8.16. The maximum absolute atomic E-state index is 10.3. The van der Waals surface area contributed by atoms with Crippen LogP contribution in [0.3, 0.4) is 0 Å². The summed E-state index contributed by atoms with van der Waals surface area (Å²) in [6, 6.07) is 1.78. The molecule has 8 nitrogen and oxygen atoms in total. The lowest BCUT2D eigenvalue weighted by Crippen LogP contribution is -2.46. The third kappa shape index (κ3) is 1.91. The number of hydrogen-bond acceptors (Lipinski definition) is 7. The van der Waals surface area contributed by atoms with Crippen molar-refractivity contribution in [3.63, 3.8) is 0 Å². The number of aromatic nitrogens is 3. The van der Waals surface area contributed by atoms with Crippen LogP contribution >= 0.6 is 0 Å². The van der Waals surface area contributed by atoms with Gasteiger partial charge >= 0.3 is 0 Å². The van der Waals surface area contributed by atoms with Gasteiger partial charge in [-0.15, -0.1) is 0 Å². The fourth-order valence-corrected chi connectivity index (χ4v) is 2.78. The van der Waals surface area contributed by atoms with Crippen molar-refractivity contribution in [1.29, 1.82) is 0 Å². The average molecular weight is 294 g/mol. The van der Waals surface area contributed by atoms with Crippen LogP contribution in [0.4, 0.5) is 5.82 Å². The molecule has 1 saturated heterocycles. The number of ether oxygens (including phenoxy) is 2. The minimum absolute atomic E-state index is 0.299. The number of nitrogens with zero attached hydrogens (tertiary/aromatic N) is 3. The Hall–Kier alpha value is -1.74. The minimum Gasteiger partial charge on any atom is -0.394 e. The summed E-state index contributed by atoms with van der Waals surface area (Å²) in [6.45, 7) is 1.43. The molecule has 8 heteroatoms. The van der Waals surface area contributed by atoms with Crippen molar-refractivity contribution in [2.45, 2.75) is 31.0 Å². The second kappa shape index (κ2) is 4.92. The highest BCUT2D eigenvalue weighted by Gasteiger charge is 2.54. The number of anilines is 1. The van der Waals surface area contributed by atoms with E-state index in [1.54, 1.807) is 23.8 Å². The molecule has 0 amide bonds. The van der Waals surface area contributed by atoms with Gasteiger partial charge in [-0.05, 0) is 13.0 Å². The number of hydrogen-bond donors (Lipinski definition) is 3. The van der Waals surface area contributed by atoms with Crippen LogP contribution in [-0.4, -0.2) is 56.3 Å². The van der Waals surface area contributed by atoms with Gasteiger partial charge in [0, 0.05) is 13.3 Å². The second-order valence-corrected chi connectivity index (χ2v) is 5.26. The molecule has 0 saturated carbocycles. The zero-order chi connectivity index (χ0) is 15.2. The Morgan fingerprint density at radius 2 is 2.29 bits per heavy atom. The van der Waals surface area contributed by atoms with Crippen molar-refractivity contribution in [3.05, 3.63) is 18.6 Å². The Labute approximate surface area is 121 Å². The highest BCUT2D eigenvalue weighted by Crippen LogP contribution is 2.42. The van der Waals surface area contributed by atoms with E-state index in [0.717, 1.165) is 0 Å². The Kier molecular flexibility index (Phi) is 3.33. The van der Waals surface area contributed by atoms with E-state index >= 15 is 0 Å². The van der Waals surface area contributed by atoms with E-state index in [0.29, 0.717) is 16.9 Å². The van der Waals surface area contributed by atoms with Crippen LogP contribution < -0.4 is 5.73 Å². The van der Waals surface area contributed by atoms with Gasteiger partial charge in [0.1, 0.15) is 35.6 Å². The predicted molar refractivity (Wildman–Crippen MR) is 74.4 cm³/mol. The summed E-state index contributed by atoms with van der Waals surface area (Å²) < 4.78 is 13.0.